The number of halogens is 3. The van der Waals surface area contributed by atoms with Gasteiger partial charge in [0.25, 0.3) is 0 Å². The Labute approximate surface area is 190 Å². The third-order valence-corrected chi connectivity index (χ3v) is 6.05. The Bertz CT molecular complexity index is 1020. The van der Waals surface area contributed by atoms with Gasteiger partial charge in [0.05, 0.1) is 11.9 Å². The van der Waals surface area contributed by atoms with E-state index in [-0.39, 0.29) is 29.7 Å². The first kappa shape index (κ1) is 23.1. The molecule has 1 aliphatic heterocycles. The number of hydrogen-bond donors (Lipinski definition) is 2. The molecule has 2 aromatic rings. The molecular formula is C22H27F3N6O2. The molecular weight excluding hydrogens is 437 g/mol. The van der Waals surface area contributed by atoms with E-state index >= 15 is 0 Å². The second kappa shape index (κ2) is 8.68. The van der Waals surface area contributed by atoms with Crippen molar-refractivity contribution in [3.63, 3.8) is 0 Å². The number of aryl methyl sites for hydroxylation is 1. The van der Waals surface area contributed by atoms with Crippen LogP contribution in [0.4, 0.5) is 30.5 Å². The Morgan fingerprint density at radius 1 is 1.27 bits per heavy atom. The van der Waals surface area contributed by atoms with Crippen LogP contribution in [0.2, 0.25) is 0 Å². The van der Waals surface area contributed by atoms with Crippen molar-refractivity contribution in [3.8, 4) is 5.75 Å². The molecule has 178 valence electrons. The number of carbonyl (C=O) groups is 1. The van der Waals surface area contributed by atoms with Gasteiger partial charge in [-0.25, -0.2) is 15.0 Å². The Balaban J connectivity index is 1.35. The van der Waals surface area contributed by atoms with Crippen LogP contribution in [0.3, 0.4) is 0 Å². The molecule has 0 aromatic carbocycles. The number of aromatic nitrogens is 3. The number of rotatable bonds is 6. The van der Waals surface area contributed by atoms with Crippen LogP contribution in [0.1, 0.15) is 38.2 Å². The summed E-state index contributed by atoms with van der Waals surface area (Å²) in [5.41, 5.74) is 1.41. The third-order valence-electron chi connectivity index (χ3n) is 6.05. The number of nitrogens with zero attached hydrogens (tertiary/aromatic N) is 4. The molecule has 0 radical (unpaired) electrons. The fourth-order valence-electron chi connectivity index (χ4n) is 4.51. The van der Waals surface area contributed by atoms with Gasteiger partial charge >= 0.3 is 6.36 Å². The predicted molar refractivity (Wildman–Crippen MR) is 117 cm³/mol. The molecule has 1 amide bonds. The van der Waals surface area contributed by atoms with Gasteiger partial charge in [-0.15, -0.1) is 13.2 Å². The van der Waals surface area contributed by atoms with Crippen molar-refractivity contribution in [1.29, 1.82) is 0 Å². The molecule has 1 saturated carbocycles. The minimum Gasteiger partial charge on any atom is -0.404 e. The number of alkyl halides is 3. The Kier molecular flexibility index (Phi) is 6.06. The van der Waals surface area contributed by atoms with Crippen molar-refractivity contribution < 1.29 is 22.7 Å². The molecule has 3 heterocycles. The topological polar surface area (TPSA) is 92.3 Å². The maximum absolute atomic E-state index is 12.5. The van der Waals surface area contributed by atoms with Crippen molar-refractivity contribution in [2.45, 2.75) is 58.5 Å². The SMILES string of the molecule is Cc1nc(CC2CC(Nc3ccc(OC(F)(F)F)cn3)C2)nc2c1NC(=O)[C@H](C(C)C)N2C. The highest BCUT2D eigenvalue weighted by molar-refractivity contribution is 6.03. The quantitative estimate of drug-likeness (QED) is 0.669. The molecule has 2 aliphatic rings. The van der Waals surface area contributed by atoms with Crippen molar-refractivity contribution in [2.75, 3.05) is 22.6 Å². The first-order chi connectivity index (χ1) is 15.5. The van der Waals surface area contributed by atoms with Crippen LogP contribution in [-0.4, -0.2) is 46.4 Å². The van der Waals surface area contributed by atoms with Crippen LogP contribution in [-0.2, 0) is 11.2 Å². The summed E-state index contributed by atoms with van der Waals surface area (Å²) in [7, 11) is 1.89. The van der Waals surface area contributed by atoms with E-state index in [0.717, 1.165) is 36.4 Å². The second-order valence-corrected chi connectivity index (χ2v) is 9.02. The molecule has 2 N–H and O–H groups in total. The van der Waals surface area contributed by atoms with Gasteiger partial charge in [0.15, 0.2) is 5.82 Å². The predicted octanol–water partition coefficient (Wildman–Crippen LogP) is 3.92. The number of anilines is 3. The van der Waals surface area contributed by atoms with Crippen molar-refractivity contribution in [1.82, 2.24) is 15.0 Å². The Hall–Kier alpha value is -3.11. The van der Waals surface area contributed by atoms with Gasteiger partial charge in [0.2, 0.25) is 5.91 Å². The highest BCUT2D eigenvalue weighted by atomic mass is 19.4. The summed E-state index contributed by atoms with van der Waals surface area (Å²) >= 11 is 0. The summed E-state index contributed by atoms with van der Waals surface area (Å²) in [6.07, 6.45) is -1.21. The number of carbonyl (C=O) groups excluding carboxylic acids is 1. The number of nitrogens with one attached hydrogen (secondary N) is 2. The Morgan fingerprint density at radius 2 is 2.00 bits per heavy atom. The van der Waals surface area contributed by atoms with Gasteiger partial charge in [-0.1, -0.05) is 13.8 Å². The number of likely N-dealkylation sites (N-methyl/N-ethyl adjacent to an activating group) is 1. The first-order valence-electron chi connectivity index (χ1n) is 10.9. The number of hydrogen-bond acceptors (Lipinski definition) is 7. The molecule has 33 heavy (non-hydrogen) atoms. The number of amides is 1. The minimum atomic E-state index is -4.73. The fraction of sp³-hybridized carbons (Fsp3) is 0.545. The van der Waals surface area contributed by atoms with Crippen molar-refractivity contribution in [2.24, 2.45) is 11.8 Å². The van der Waals surface area contributed by atoms with Crippen molar-refractivity contribution in [3.05, 3.63) is 29.8 Å². The van der Waals surface area contributed by atoms with Gasteiger partial charge in [-0.05, 0) is 43.7 Å². The summed E-state index contributed by atoms with van der Waals surface area (Å²) in [6.45, 7) is 5.89. The second-order valence-electron chi connectivity index (χ2n) is 9.02. The Morgan fingerprint density at radius 3 is 2.61 bits per heavy atom. The van der Waals surface area contributed by atoms with Gasteiger partial charge in [-0.3, -0.25) is 4.79 Å². The molecule has 0 saturated heterocycles. The summed E-state index contributed by atoms with van der Waals surface area (Å²) in [6, 6.07) is 2.61. The molecule has 4 rings (SSSR count). The lowest BCUT2D eigenvalue weighted by Gasteiger charge is -2.38. The third kappa shape index (κ3) is 5.12. The summed E-state index contributed by atoms with van der Waals surface area (Å²) < 4.78 is 40.6. The molecule has 2 aromatic heterocycles. The average molecular weight is 464 g/mol. The highest BCUT2D eigenvalue weighted by Gasteiger charge is 2.36. The zero-order valence-electron chi connectivity index (χ0n) is 18.9. The van der Waals surface area contributed by atoms with E-state index in [2.05, 4.69) is 25.3 Å². The van der Waals surface area contributed by atoms with Crippen LogP contribution in [0.15, 0.2) is 18.3 Å². The van der Waals surface area contributed by atoms with Gasteiger partial charge in [0, 0.05) is 19.5 Å². The van der Waals surface area contributed by atoms with Crippen LogP contribution >= 0.6 is 0 Å². The van der Waals surface area contributed by atoms with Gasteiger partial charge < -0.3 is 20.3 Å². The van der Waals surface area contributed by atoms with Gasteiger partial charge in [0.1, 0.15) is 29.1 Å². The summed E-state index contributed by atoms with van der Waals surface area (Å²) in [5, 5.41) is 6.19. The molecule has 1 atom stereocenters. The van der Waals surface area contributed by atoms with E-state index in [1.54, 1.807) is 0 Å². The molecule has 0 unspecified atom stereocenters. The first-order valence-corrected chi connectivity index (χ1v) is 10.9. The molecule has 8 nitrogen and oxygen atoms in total. The minimum absolute atomic E-state index is 0.0426. The molecule has 11 heteroatoms. The van der Waals surface area contributed by atoms with Gasteiger partial charge in [-0.2, -0.15) is 0 Å². The molecule has 1 aliphatic carbocycles. The summed E-state index contributed by atoms with van der Waals surface area (Å²) in [4.78, 5) is 27.7. The smallest absolute Gasteiger partial charge is 0.404 e. The highest BCUT2D eigenvalue weighted by Crippen LogP contribution is 2.36. The van der Waals surface area contributed by atoms with E-state index < -0.39 is 6.36 Å². The number of pyridine rings is 1. The zero-order valence-corrected chi connectivity index (χ0v) is 18.9. The largest absolute Gasteiger partial charge is 0.573 e. The molecule has 1 fully saturated rings. The van der Waals surface area contributed by atoms with E-state index in [1.807, 2.05) is 32.7 Å². The molecule has 0 bridgehead atoms. The van der Waals surface area contributed by atoms with Crippen LogP contribution in [0.5, 0.6) is 5.75 Å². The maximum atomic E-state index is 12.5. The lowest BCUT2D eigenvalue weighted by Crippen LogP contribution is -2.50. The lowest BCUT2D eigenvalue weighted by molar-refractivity contribution is -0.274. The van der Waals surface area contributed by atoms with Crippen LogP contribution < -0.4 is 20.3 Å². The average Bonchev–Trinajstić information content (AvgIpc) is 2.67. The number of ether oxygens (including phenoxy) is 1. The van der Waals surface area contributed by atoms with E-state index in [1.165, 1.54) is 12.1 Å². The fourth-order valence-corrected chi connectivity index (χ4v) is 4.51. The monoisotopic (exact) mass is 464 g/mol. The molecule has 0 spiro atoms. The lowest BCUT2D eigenvalue weighted by atomic mass is 9.78. The van der Waals surface area contributed by atoms with Crippen LogP contribution in [0, 0.1) is 18.8 Å². The van der Waals surface area contributed by atoms with E-state index in [0.29, 0.717) is 23.8 Å². The maximum Gasteiger partial charge on any atom is 0.573 e. The van der Waals surface area contributed by atoms with E-state index in [4.69, 9.17) is 4.98 Å². The van der Waals surface area contributed by atoms with E-state index in [9.17, 15) is 18.0 Å². The number of fused-ring (bicyclic) bond motifs is 1. The normalized spacial score (nSPS) is 22.5. The zero-order chi connectivity index (χ0) is 23.9. The summed E-state index contributed by atoms with van der Waals surface area (Å²) in [5.74, 6) is 2.13. The van der Waals surface area contributed by atoms with Crippen molar-refractivity contribution >= 4 is 23.2 Å². The standard InChI is InChI=1S/C22H27F3N6O2/c1-11(2)19-21(32)30-18-12(3)27-17(29-20(18)31(19)4)9-13-7-14(8-13)28-16-6-5-15(10-26-16)33-22(23,24)25/h5-6,10-11,13-14,19H,7-9H2,1-4H3,(H,26,28)(H,30,32)/t13?,14?,19-/m0/s1. The van der Waals surface area contributed by atoms with Crippen LogP contribution in [0.25, 0.3) is 0 Å².